The highest BCUT2D eigenvalue weighted by atomic mass is 32.2. The Balaban J connectivity index is 2.15. The summed E-state index contributed by atoms with van der Waals surface area (Å²) in [4.78, 5) is 13.3. The van der Waals surface area contributed by atoms with Gasteiger partial charge in [-0.05, 0) is 0 Å². The molecular formula is C6H9NOS. The minimum Gasteiger partial charge on any atom is -0.298 e. The molecule has 0 amide bonds. The van der Waals surface area contributed by atoms with Gasteiger partial charge in [0.2, 0.25) is 0 Å². The van der Waals surface area contributed by atoms with Gasteiger partial charge in [-0.1, -0.05) is 0 Å². The second-order valence-electron chi connectivity index (χ2n) is 2.54. The molecule has 0 aliphatic carbocycles. The summed E-state index contributed by atoms with van der Waals surface area (Å²) in [5, 5.41) is 0. The normalized spacial score (nSPS) is 35.6. The summed E-state index contributed by atoms with van der Waals surface area (Å²) in [7, 11) is 0. The van der Waals surface area contributed by atoms with Crippen LogP contribution in [0.5, 0.6) is 0 Å². The van der Waals surface area contributed by atoms with Crippen molar-refractivity contribution in [2.45, 2.75) is 12.5 Å². The van der Waals surface area contributed by atoms with Crippen molar-refractivity contribution in [3.05, 3.63) is 0 Å². The third-order valence-corrected chi connectivity index (χ3v) is 3.06. The Morgan fingerprint density at radius 1 is 1.67 bits per heavy atom. The molecule has 2 saturated heterocycles. The molecule has 0 saturated carbocycles. The maximum absolute atomic E-state index is 11.0. The van der Waals surface area contributed by atoms with E-state index < -0.39 is 0 Å². The minimum atomic E-state index is 0.301. The number of rotatable bonds is 0. The average Bonchev–Trinajstić information content (AvgIpc) is 2.35. The molecule has 2 nitrogen and oxygen atoms in total. The van der Waals surface area contributed by atoms with Crippen LogP contribution in [-0.4, -0.2) is 34.9 Å². The molecule has 0 bridgehead atoms. The lowest BCUT2D eigenvalue weighted by molar-refractivity contribution is -0.119. The summed E-state index contributed by atoms with van der Waals surface area (Å²) in [5.74, 6) is 2.58. The molecular weight excluding hydrogens is 134 g/mol. The Bertz CT molecular complexity index is 148. The quantitative estimate of drug-likeness (QED) is 0.487. The largest absolute Gasteiger partial charge is 0.298 e. The van der Waals surface area contributed by atoms with E-state index in [9.17, 15) is 4.79 Å². The van der Waals surface area contributed by atoms with Crippen LogP contribution in [0.25, 0.3) is 0 Å². The van der Waals surface area contributed by atoms with Gasteiger partial charge < -0.3 is 0 Å². The molecule has 0 aromatic heterocycles. The molecule has 3 heteroatoms. The maximum Gasteiger partial charge on any atom is 0.152 e. The van der Waals surface area contributed by atoms with E-state index >= 15 is 0 Å². The van der Waals surface area contributed by atoms with Gasteiger partial charge in [-0.25, -0.2) is 0 Å². The van der Waals surface area contributed by atoms with E-state index in [0.717, 1.165) is 24.6 Å². The van der Waals surface area contributed by atoms with Gasteiger partial charge >= 0.3 is 0 Å². The van der Waals surface area contributed by atoms with Gasteiger partial charge in [0.25, 0.3) is 0 Å². The summed E-state index contributed by atoms with van der Waals surface area (Å²) < 4.78 is 0. The first-order valence-electron chi connectivity index (χ1n) is 3.22. The molecule has 50 valence electrons. The van der Waals surface area contributed by atoms with Crippen molar-refractivity contribution < 1.29 is 4.79 Å². The van der Waals surface area contributed by atoms with E-state index in [1.807, 2.05) is 11.8 Å². The molecule has 9 heavy (non-hydrogen) atoms. The Morgan fingerprint density at radius 3 is 3.33 bits per heavy atom. The number of carbonyl (C=O) groups excluding carboxylic acids is 1. The molecule has 2 heterocycles. The van der Waals surface area contributed by atoms with Gasteiger partial charge in [0, 0.05) is 24.6 Å². The maximum atomic E-state index is 11.0. The van der Waals surface area contributed by atoms with Crippen LogP contribution in [0.3, 0.4) is 0 Å². The number of thioether (sulfide) groups is 1. The fourth-order valence-electron chi connectivity index (χ4n) is 1.41. The van der Waals surface area contributed by atoms with Gasteiger partial charge in [0.15, 0.2) is 5.78 Å². The molecule has 0 aromatic carbocycles. The molecule has 0 N–H and O–H groups in total. The van der Waals surface area contributed by atoms with E-state index in [1.54, 1.807) is 0 Å². The number of fused-ring (bicyclic) bond motifs is 1. The molecule has 2 aliphatic rings. The highest BCUT2D eigenvalue weighted by molar-refractivity contribution is 7.99. The standard InChI is InChI=1S/C6H9NOS/c8-6-1-2-7-4-9-3-5(6)7/h5H,1-4H2/t5-/m1/s1. The molecule has 2 aliphatic heterocycles. The number of ketones is 1. The number of carbonyl (C=O) groups is 1. The highest BCUT2D eigenvalue weighted by Gasteiger charge is 2.35. The predicted octanol–water partition coefficient (Wildman–Crippen LogP) is 0.334. The number of hydrogen-bond acceptors (Lipinski definition) is 3. The van der Waals surface area contributed by atoms with Gasteiger partial charge in [0.1, 0.15) is 0 Å². The van der Waals surface area contributed by atoms with E-state index in [2.05, 4.69) is 4.90 Å². The van der Waals surface area contributed by atoms with Gasteiger partial charge in [-0.15, -0.1) is 11.8 Å². The monoisotopic (exact) mass is 143 g/mol. The lowest BCUT2D eigenvalue weighted by Crippen LogP contribution is -2.27. The lowest BCUT2D eigenvalue weighted by atomic mass is 10.2. The van der Waals surface area contributed by atoms with Crippen LogP contribution in [0.4, 0.5) is 0 Å². The molecule has 2 rings (SSSR count). The summed E-state index contributed by atoms with van der Waals surface area (Å²) in [5.41, 5.74) is 0. The fourth-order valence-corrected chi connectivity index (χ4v) is 2.68. The lowest BCUT2D eigenvalue weighted by Gasteiger charge is -2.09. The van der Waals surface area contributed by atoms with Gasteiger partial charge in [0.05, 0.1) is 6.04 Å². The highest BCUT2D eigenvalue weighted by Crippen LogP contribution is 2.26. The summed E-state index contributed by atoms with van der Waals surface area (Å²) in [6.45, 7) is 1.01. The van der Waals surface area contributed by atoms with Crippen molar-refractivity contribution >= 4 is 17.5 Å². The van der Waals surface area contributed by atoms with Crippen molar-refractivity contribution in [2.75, 3.05) is 18.2 Å². The Morgan fingerprint density at radius 2 is 2.56 bits per heavy atom. The van der Waals surface area contributed by atoms with Gasteiger partial charge in [-0.2, -0.15) is 0 Å². The van der Waals surface area contributed by atoms with E-state index in [4.69, 9.17) is 0 Å². The summed E-state index contributed by atoms with van der Waals surface area (Å²) in [6.07, 6.45) is 0.797. The van der Waals surface area contributed by atoms with Crippen LogP contribution in [0.1, 0.15) is 6.42 Å². The predicted molar refractivity (Wildman–Crippen MR) is 37.4 cm³/mol. The van der Waals surface area contributed by atoms with E-state index in [1.165, 1.54) is 0 Å². The first-order valence-corrected chi connectivity index (χ1v) is 4.38. The van der Waals surface area contributed by atoms with Crippen molar-refractivity contribution in [3.8, 4) is 0 Å². The van der Waals surface area contributed by atoms with Crippen LogP contribution in [0.2, 0.25) is 0 Å². The molecule has 0 radical (unpaired) electrons. The Hall–Kier alpha value is -0.0200. The van der Waals surface area contributed by atoms with Crippen LogP contribution < -0.4 is 0 Å². The Kier molecular flexibility index (Phi) is 1.27. The topological polar surface area (TPSA) is 20.3 Å². The second-order valence-corrected chi connectivity index (χ2v) is 3.54. The third kappa shape index (κ3) is 0.792. The zero-order valence-electron chi connectivity index (χ0n) is 5.17. The summed E-state index contributed by atoms with van der Waals surface area (Å²) in [6, 6.07) is 0.301. The van der Waals surface area contributed by atoms with Crippen LogP contribution in [-0.2, 0) is 4.79 Å². The molecule has 0 unspecified atom stereocenters. The summed E-state index contributed by atoms with van der Waals surface area (Å²) >= 11 is 1.87. The molecule has 0 spiro atoms. The smallest absolute Gasteiger partial charge is 0.152 e. The number of Topliss-reactive ketones (excluding diaryl/α,β-unsaturated/α-hetero) is 1. The van der Waals surface area contributed by atoms with E-state index in [0.29, 0.717) is 11.8 Å². The van der Waals surface area contributed by atoms with Crippen molar-refractivity contribution in [3.63, 3.8) is 0 Å². The van der Waals surface area contributed by atoms with Crippen LogP contribution in [0.15, 0.2) is 0 Å². The average molecular weight is 143 g/mol. The zero-order valence-corrected chi connectivity index (χ0v) is 5.99. The number of nitrogens with zero attached hydrogens (tertiary/aromatic N) is 1. The van der Waals surface area contributed by atoms with Crippen molar-refractivity contribution in [1.82, 2.24) is 4.90 Å². The molecule has 2 fully saturated rings. The number of hydrogen-bond donors (Lipinski definition) is 0. The van der Waals surface area contributed by atoms with Crippen LogP contribution in [0, 0.1) is 0 Å². The molecule has 0 aromatic rings. The van der Waals surface area contributed by atoms with Gasteiger partial charge in [-0.3, -0.25) is 9.69 Å². The third-order valence-electron chi connectivity index (χ3n) is 1.99. The SMILES string of the molecule is O=C1CCN2CSC[C@H]12. The first-order chi connectivity index (χ1) is 4.38. The van der Waals surface area contributed by atoms with Crippen molar-refractivity contribution in [1.29, 1.82) is 0 Å². The van der Waals surface area contributed by atoms with Crippen LogP contribution >= 0.6 is 11.8 Å². The fraction of sp³-hybridized carbons (Fsp3) is 0.833. The Labute approximate surface area is 58.6 Å². The zero-order chi connectivity index (χ0) is 6.27. The van der Waals surface area contributed by atoms with Crippen molar-refractivity contribution in [2.24, 2.45) is 0 Å². The second kappa shape index (κ2) is 1.99. The minimum absolute atomic E-state index is 0.301. The van der Waals surface area contributed by atoms with E-state index in [-0.39, 0.29) is 0 Å². The molecule has 1 atom stereocenters. The first kappa shape index (κ1) is 5.74.